The Bertz CT molecular complexity index is 598. The van der Waals surface area contributed by atoms with Crippen molar-refractivity contribution >= 4 is 5.91 Å². The van der Waals surface area contributed by atoms with E-state index in [-0.39, 0.29) is 5.91 Å². The average Bonchev–Trinajstić information content (AvgIpc) is 2.97. The molecule has 2 heterocycles. The zero-order valence-electron chi connectivity index (χ0n) is 12.4. The maximum atomic E-state index is 11.4. The lowest BCUT2D eigenvalue weighted by Crippen LogP contribution is -2.37. The van der Waals surface area contributed by atoms with Crippen LogP contribution in [0.1, 0.15) is 19.8 Å². The largest absolute Gasteiger partial charge is 0.343 e. The summed E-state index contributed by atoms with van der Waals surface area (Å²) in [5.41, 5.74) is 1.16. The standard InChI is InChI=1S/C17H21N3O/c1-14(21)19-10-7-15(8-11-19)13-20-12-9-18-17(20)16-5-3-2-4-6-16/h2-6,9,12,15H,7-8,10-11,13H2,1H3. The Balaban J connectivity index is 1.67. The van der Waals surface area contributed by atoms with Crippen LogP contribution in [-0.2, 0) is 11.3 Å². The lowest BCUT2D eigenvalue weighted by atomic mass is 9.96. The van der Waals surface area contributed by atoms with Crippen LogP contribution in [0.25, 0.3) is 11.4 Å². The number of rotatable bonds is 3. The van der Waals surface area contributed by atoms with E-state index in [4.69, 9.17) is 0 Å². The van der Waals surface area contributed by atoms with Crippen molar-refractivity contribution in [1.82, 2.24) is 14.5 Å². The summed E-state index contributed by atoms with van der Waals surface area (Å²) in [6.45, 7) is 4.41. The van der Waals surface area contributed by atoms with Crippen LogP contribution in [-0.4, -0.2) is 33.4 Å². The lowest BCUT2D eigenvalue weighted by Gasteiger charge is -2.31. The van der Waals surface area contributed by atoms with Crippen LogP contribution in [0, 0.1) is 5.92 Å². The molecule has 0 saturated carbocycles. The van der Waals surface area contributed by atoms with Crippen molar-refractivity contribution < 1.29 is 4.79 Å². The van der Waals surface area contributed by atoms with E-state index >= 15 is 0 Å². The number of carbonyl (C=O) groups is 1. The van der Waals surface area contributed by atoms with Gasteiger partial charge in [0.05, 0.1) is 0 Å². The molecule has 1 aromatic carbocycles. The first-order valence-corrected chi connectivity index (χ1v) is 7.56. The Morgan fingerprint density at radius 2 is 1.95 bits per heavy atom. The second-order valence-electron chi connectivity index (χ2n) is 5.72. The number of likely N-dealkylation sites (tertiary alicyclic amines) is 1. The van der Waals surface area contributed by atoms with Gasteiger partial charge in [0.1, 0.15) is 5.82 Å². The molecule has 0 aliphatic carbocycles. The highest BCUT2D eigenvalue weighted by atomic mass is 16.2. The molecule has 1 amide bonds. The van der Waals surface area contributed by atoms with Crippen LogP contribution in [0.15, 0.2) is 42.7 Å². The summed E-state index contributed by atoms with van der Waals surface area (Å²) >= 11 is 0. The molecule has 0 spiro atoms. The molecule has 1 fully saturated rings. The minimum atomic E-state index is 0.195. The Labute approximate surface area is 125 Å². The number of imidazole rings is 1. The Morgan fingerprint density at radius 3 is 2.62 bits per heavy atom. The number of carbonyl (C=O) groups excluding carboxylic acids is 1. The van der Waals surface area contributed by atoms with Crippen molar-refractivity contribution in [3.63, 3.8) is 0 Å². The SMILES string of the molecule is CC(=O)N1CCC(Cn2ccnc2-c2ccccc2)CC1. The van der Waals surface area contributed by atoms with Crippen LogP contribution in [0.3, 0.4) is 0 Å². The monoisotopic (exact) mass is 283 g/mol. The molecule has 4 nitrogen and oxygen atoms in total. The molecule has 0 unspecified atom stereocenters. The minimum Gasteiger partial charge on any atom is -0.343 e. The molecule has 0 radical (unpaired) electrons. The molecule has 4 heteroatoms. The van der Waals surface area contributed by atoms with Gasteiger partial charge in [0.15, 0.2) is 0 Å². The van der Waals surface area contributed by atoms with E-state index in [1.807, 2.05) is 29.3 Å². The van der Waals surface area contributed by atoms with Gasteiger partial charge in [-0.1, -0.05) is 30.3 Å². The van der Waals surface area contributed by atoms with Crippen molar-refractivity contribution in [3.05, 3.63) is 42.7 Å². The van der Waals surface area contributed by atoms with Gasteiger partial charge in [-0.15, -0.1) is 0 Å². The van der Waals surface area contributed by atoms with E-state index in [0.717, 1.165) is 43.9 Å². The summed E-state index contributed by atoms with van der Waals surface area (Å²) in [7, 11) is 0. The van der Waals surface area contributed by atoms with Crippen LogP contribution >= 0.6 is 0 Å². The molecule has 0 atom stereocenters. The highest BCUT2D eigenvalue weighted by molar-refractivity contribution is 5.73. The second-order valence-corrected chi connectivity index (χ2v) is 5.72. The van der Waals surface area contributed by atoms with Gasteiger partial charge < -0.3 is 9.47 Å². The first kappa shape index (κ1) is 13.9. The van der Waals surface area contributed by atoms with E-state index < -0.39 is 0 Å². The summed E-state index contributed by atoms with van der Waals surface area (Å²) in [5, 5.41) is 0. The number of aromatic nitrogens is 2. The topological polar surface area (TPSA) is 38.1 Å². The highest BCUT2D eigenvalue weighted by Crippen LogP contribution is 2.23. The molecule has 3 rings (SSSR count). The van der Waals surface area contributed by atoms with E-state index in [0.29, 0.717) is 5.92 Å². The van der Waals surface area contributed by atoms with Gasteiger partial charge in [-0.05, 0) is 18.8 Å². The van der Waals surface area contributed by atoms with Crippen molar-refractivity contribution in [1.29, 1.82) is 0 Å². The van der Waals surface area contributed by atoms with Gasteiger partial charge in [0, 0.05) is 44.5 Å². The number of hydrogen-bond acceptors (Lipinski definition) is 2. The maximum Gasteiger partial charge on any atom is 0.219 e. The molecular weight excluding hydrogens is 262 g/mol. The lowest BCUT2D eigenvalue weighted by molar-refractivity contribution is -0.130. The molecule has 1 aromatic heterocycles. The van der Waals surface area contributed by atoms with Gasteiger partial charge in [-0.3, -0.25) is 4.79 Å². The van der Waals surface area contributed by atoms with E-state index in [1.54, 1.807) is 6.92 Å². The van der Waals surface area contributed by atoms with E-state index in [2.05, 4.69) is 27.9 Å². The second kappa shape index (κ2) is 6.12. The fourth-order valence-electron chi connectivity index (χ4n) is 3.01. The van der Waals surface area contributed by atoms with Crippen molar-refractivity contribution in [3.8, 4) is 11.4 Å². The normalized spacial score (nSPS) is 16.1. The molecule has 1 saturated heterocycles. The predicted molar refractivity (Wildman–Crippen MR) is 82.6 cm³/mol. The third-order valence-corrected chi connectivity index (χ3v) is 4.26. The van der Waals surface area contributed by atoms with Gasteiger partial charge in [-0.2, -0.15) is 0 Å². The summed E-state index contributed by atoms with van der Waals surface area (Å²) < 4.78 is 2.24. The van der Waals surface area contributed by atoms with Crippen LogP contribution < -0.4 is 0 Å². The number of amides is 1. The summed E-state index contributed by atoms with van der Waals surface area (Å²) in [6.07, 6.45) is 6.07. The Hall–Kier alpha value is -2.10. The number of piperidine rings is 1. The third kappa shape index (κ3) is 3.15. The zero-order valence-corrected chi connectivity index (χ0v) is 12.4. The number of benzene rings is 1. The first-order chi connectivity index (χ1) is 10.2. The zero-order chi connectivity index (χ0) is 14.7. The average molecular weight is 283 g/mol. The molecule has 0 N–H and O–H groups in total. The quantitative estimate of drug-likeness (QED) is 0.868. The van der Waals surface area contributed by atoms with Gasteiger partial charge in [0.2, 0.25) is 5.91 Å². The molecule has 2 aromatic rings. The van der Waals surface area contributed by atoms with Crippen molar-refractivity contribution in [2.75, 3.05) is 13.1 Å². The maximum absolute atomic E-state index is 11.4. The van der Waals surface area contributed by atoms with Gasteiger partial charge >= 0.3 is 0 Å². The van der Waals surface area contributed by atoms with Crippen LogP contribution in [0.2, 0.25) is 0 Å². The van der Waals surface area contributed by atoms with Crippen LogP contribution in [0.4, 0.5) is 0 Å². The first-order valence-electron chi connectivity index (χ1n) is 7.56. The minimum absolute atomic E-state index is 0.195. The van der Waals surface area contributed by atoms with Gasteiger partial charge in [0.25, 0.3) is 0 Å². The summed E-state index contributed by atoms with van der Waals surface area (Å²) in [5.74, 6) is 1.85. The van der Waals surface area contributed by atoms with Gasteiger partial charge in [-0.25, -0.2) is 4.98 Å². The smallest absolute Gasteiger partial charge is 0.219 e. The highest BCUT2D eigenvalue weighted by Gasteiger charge is 2.21. The molecule has 21 heavy (non-hydrogen) atoms. The number of hydrogen-bond donors (Lipinski definition) is 0. The Kier molecular flexibility index (Phi) is 4.04. The molecular formula is C17H21N3O. The number of nitrogens with zero attached hydrogens (tertiary/aromatic N) is 3. The van der Waals surface area contributed by atoms with Crippen LogP contribution in [0.5, 0.6) is 0 Å². The fraction of sp³-hybridized carbons (Fsp3) is 0.412. The summed E-state index contributed by atoms with van der Waals surface area (Å²) in [4.78, 5) is 17.8. The van der Waals surface area contributed by atoms with Crippen molar-refractivity contribution in [2.24, 2.45) is 5.92 Å². The third-order valence-electron chi connectivity index (χ3n) is 4.26. The molecule has 0 bridgehead atoms. The predicted octanol–water partition coefficient (Wildman–Crippen LogP) is 2.81. The van der Waals surface area contributed by atoms with E-state index in [9.17, 15) is 4.79 Å². The molecule has 1 aliphatic rings. The molecule has 110 valence electrons. The van der Waals surface area contributed by atoms with Crippen molar-refractivity contribution in [2.45, 2.75) is 26.3 Å². The van der Waals surface area contributed by atoms with E-state index in [1.165, 1.54) is 0 Å². The Morgan fingerprint density at radius 1 is 1.24 bits per heavy atom. The molecule has 1 aliphatic heterocycles. The summed E-state index contributed by atoms with van der Waals surface area (Å²) in [6, 6.07) is 10.3. The fourth-order valence-corrected chi connectivity index (χ4v) is 3.01.